The van der Waals surface area contributed by atoms with Crippen molar-refractivity contribution in [1.29, 1.82) is 0 Å². The Morgan fingerprint density at radius 3 is 2.26 bits per heavy atom. The van der Waals surface area contributed by atoms with Gasteiger partial charge >= 0.3 is 18.1 Å². The molecule has 2 aromatic rings. The third kappa shape index (κ3) is 5.32. The van der Waals surface area contributed by atoms with Crippen molar-refractivity contribution in [1.82, 2.24) is 5.32 Å². The highest BCUT2D eigenvalue weighted by Crippen LogP contribution is 2.47. The zero-order valence-electron chi connectivity index (χ0n) is 19.4. The highest BCUT2D eigenvalue weighted by atomic mass is 32.1. The number of halogens is 3. The molecule has 0 amide bonds. The third-order valence-electron chi connectivity index (χ3n) is 5.41. The molecule has 3 rings (SSSR count). The number of nitrogens with one attached hydrogen (secondary N) is 1. The van der Waals surface area contributed by atoms with E-state index in [4.69, 9.17) is 21.7 Å². The Balaban J connectivity index is 2.24. The fraction of sp³-hybridized carbons (Fsp3) is 0.375. The number of thiocarbonyl (C=S) groups is 1. The minimum absolute atomic E-state index is 0.117. The van der Waals surface area contributed by atoms with Crippen LogP contribution < -0.4 is 19.7 Å². The maximum atomic E-state index is 13.5. The van der Waals surface area contributed by atoms with Gasteiger partial charge in [-0.05, 0) is 69.7 Å². The number of carbonyl (C=O) groups is 2. The molecule has 182 valence electrons. The van der Waals surface area contributed by atoms with Gasteiger partial charge in [-0.25, -0.2) is 0 Å². The molecule has 0 saturated carbocycles. The van der Waals surface area contributed by atoms with Crippen molar-refractivity contribution in [3.63, 3.8) is 0 Å². The lowest BCUT2D eigenvalue weighted by Crippen LogP contribution is -2.65. The van der Waals surface area contributed by atoms with Crippen molar-refractivity contribution in [2.45, 2.75) is 58.3 Å². The van der Waals surface area contributed by atoms with Gasteiger partial charge in [-0.3, -0.25) is 9.59 Å². The summed E-state index contributed by atoms with van der Waals surface area (Å²) >= 11 is 5.61. The first-order chi connectivity index (χ1) is 15.6. The van der Waals surface area contributed by atoms with Crippen LogP contribution in [0.1, 0.15) is 52.2 Å². The molecule has 0 bridgehead atoms. The smallest absolute Gasteiger partial charge is 0.416 e. The van der Waals surface area contributed by atoms with Gasteiger partial charge in [-0.2, -0.15) is 13.2 Å². The molecule has 10 heteroatoms. The first-order valence-corrected chi connectivity index (χ1v) is 10.8. The van der Waals surface area contributed by atoms with Crippen LogP contribution in [0.5, 0.6) is 11.5 Å². The van der Waals surface area contributed by atoms with E-state index in [1.54, 1.807) is 17.0 Å². The average Bonchev–Trinajstić information content (AvgIpc) is 2.65. The van der Waals surface area contributed by atoms with E-state index in [1.807, 2.05) is 20.8 Å². The summed E-state index contributed by atoms with van der Waals surface area (Å²) in [7, 11) is 0. The Kier molecular flexibility index (Phi) is 6.67. The van der Waals surface area contributed by atoms with Crippen LogP contribution in [0, 0.1) is 0 Å². The van der Waals surface area contributed by atoms with Crippen molar-refractivity contribution >= 4 is 35.0 Å². The van der Waals surface area contributed by atoms with Gasteiger partial charge in [0.25, 0.3) is 0 Å². The fourth-order valence-electron chi connectivity index (χ4n) is 4.41. The second-order valence-electron chi connectivity index (χ2n) is 8.99. The molecule has 1 heterocycles. The summed E-state index contributed by atoms with van der Waals surface area (Å²) in [5, 5.41) is 3.40. The lowest BCUT2D eigenvalue weighted by Gasteiger charge is -2.53. The largest absolute Gasteiger partial charge is 0.427 e. The number of alkyl halides is 3. The molecule has 1 saturated heterocycles. The standard InChI is InChI=1S/C24H25F3N2O4S/c1-14(30)32-18-9-10-19(20(12-18)33-15(2)31)23(5)13-22(3,4)28-21(34)29(23)17-8-6-7-16(11-17)24(25,26)27/h6-12H,13H2,1-5H3,(H,28,34)/t23-/m1/s1. The molecular weight excluding hydrogens is 469 g/mol. The van der Waals surface area contributed by atoms with E-state index in [0.717, 1.165) is 12.1 Å². The number of esters is 2. The normalized spacial score (nSPS) is 19.9. The fourth-order valence-corrected chi connectivity index (χ4v) is 4.99. The van der Waals surface area contributed by atoms with E-state index in [9.17, 15) is 22.8 Å². The van der Waals surface area contributed by atoms with Gasteiger partial charge in [0.2, 0.25) is 0 Å². The molecule has 0 aromatic heterocycles. The van der Waals surface area contributed by atoms with Crippen LogP contribution in [0.25, 0.3) is 0 Å². The monoisotopic (exact) mass is 494 g/mol. The number of rotatable bonds is 4. The molecule has 1 aliphatic heterocycles. The Hall–Kier alpha value is -3.14. The van der Waals surface area contributed by atoms with Crippen molar-refractivity contribution in [2.24, 2.45) is 0 Å². The lowest BCUT2D eigenvalue weighted by atomic mass is 9.76. The number of ether oxygens (including phenoxy) is 2. The molecule has 0 unspecified atom stereocenters. The first-order valence-electron chi connectivity index (χ1n) is 10.4. The maximum absolute atomic E-state index is 13.5. The van der Waals surface area contributed by atoms with Gasteiger partial charge in [0.1, 0.15) is 11.5 Å². The molecule has 34 heavy (non-hydrogen) atoms. The number of carbonyl (C=O) groups excluding carboxylic acids is 2. The minimum atomic E-state index is -4.54. The molecule has 0 aliphatic carbocycles. The van der Waals surface area contributed by atoms with Gasteiger partial charge < -0.3 is 19.7 Å². The molecule has 1 aliphatic rings. The van der Waals surface area contributed by atoms with Crippen LogP contribution in [0.2, 0.25) is 0 Å². The highest BCUT2D eigenvalue weighted by Gasteiger charge is 2.48. The minimum Gasteiger partial charge on any atom is -0.427 e. The van der Waals surface area contributed by atoms with Gasteiger partial charge in [-0.1, -0.05) is 6.07 Å². The molecular formula is C24H25F3N2O4S. The molecule has 1 atom stereocenters. The Morgan fingerprint density at radius 1 is 1.03 bits per heavy atom. The summed E-state index contributed by atoms with van der Waals surface area (Å²) in [6, 6.07) is 9.45. The number of hydrogen-bond donors (Lipinski definition) is 1. The van der Waals surface area contributed by atoms with Crippen LogP contribution in [-0.4, -0.2) is 22.6 Å². The van der Waals surface area contributed by atoms with E-state index in [0.29, 0.717) is 12.0 Å². The van der Waals surface area contributed by atoms with Crippen LogP contribution >= 0.6 is 12.2 Å². The number of nitrogens with zero attached hydrogens (tertiary/aromatic N) is 1. The van der Waals surface area contributed by atoms with E-state index in [2.05, 4.69) is 5.32 Å². The summed E-state index contributed by atoms with van der Waals surface area (Å²) in [6.45, 7) is 8.12. The van der Waals surface area contributed by atoms with Gasteiger partial charge in [-0.15, -0.1) is 0 Å². The van der Waals surface area contributed by atoms with Crippen molar-refractivity contribution in [2.75, 3.05) is 4.90 Å². The molecule has 6 nitrogen and oxygen atoms in total. The molecule has 1 fully saturated rings. The van der Waals surface area contributed by atoms with Crippen LogP contribution in [-0.2, 0) is 21.3 Å². The van der Waals surface area contributed by atoms with Crippen molar-refractivity contribution < 1.29 is 32.2 Å². The number of benzene rings is 2. The number of hydrogen-bond acceptors (Lipinski definition) is 5. The highest BCUT2D eigenvalue weighted by molar-refractivity contribution is 7.80. The van der Waals surface area contributed by atoms with Gasteiger partial charge in [0, 0.05) is 36.7 Å². The quantitative estimate of drug-likeness (QED) is 0.350. The Labute approximate surface area is 201 Å². The van der Waals surface area contributed by atoms with E-state index in [1.165, 1.54) is 32.0 Å². The second-order valence-corrected chi connectivity index (χ2v) is 9.38. The summed E-state index contributed by atoms with van der Waals surface area (Å²) in [5.41, 5.74) is -1.66. The van der Waals surface area contributed by atoms with E-state index < -0.39 is 34.8 Å². The Bertz CT molecular complexity index is 1150. The topological polar surface area (TPSA) is 67.9 Å². The predicted octanol–water partition coefficient (Wildman–Crippen LogP) is 5.33. The second kappa shape index (κ2) is 8.90. The summed E-state index contributed by atoms with van der Waals surface area (Å²) in [4.78, 5) is 24.9. The molecule has 0 radical (unpaired) electrons. The molecule has 0 spiro atoms. The van der Waals surface area contributed by atoms with Crippen LogP contribution in [0.3, 0.4) is 0 Å². The zero-order chi connectivity index (χ0) is 25.5. The molecule has 2 aromatic carbocycles. The van der Waals surface area contributed by atoms with Crippen LogP contribution in [0.4, 0.5) is 18.9 Å². The summed E-state index contributed by atoms with van der Waals surface area (Å²) < 4.78 is 51.0. The molecule has 1 N–H and O–H groups in total. The van der Waals surface area contributed by atoms with E-state index in [-0.39, 0.29) is 22.3 Å². The summed E-state index contributed by atoms with van der Waals surface area (Å²) in [6.07, 6.45) is -4.15. The zero-order valence-corrected chi connectivity index (χ0v) is 20.2. The third-order valence-corrected chi connectivity index (χ3v) is 5.69. The van der Waals surface area contributed by atoms with Crippen LogP contribution in [0.15, 0.2) is 42.5 Å². The SMILES string of the molecule is CC(=O)Oc1ccc([C@@]2(C)CC(C)(C)NC(=S)N2c2cccc(C(F)(F)F)c2)c(OC(C)=O)c1. The lowest BCUT2D eigenvalue weighted by molar-refractivity contribution is -0.137. The van der Waals surface area contributed by atoms with Gasteiger partial charge in [0.05, 0.1) is 11.1 Å². The van der Waals surface area contributed by atoms with Crippen molar-refractivity contribution in [3.05, 3.63) is 53.6 Å². The first kappa shape index (κ1) is 25.5. The van der Waals surface area contributed by atoms with Crippen molar-refractivity contribution in [3.8, 4) is 11.5 Å². The number of anilines is 1. The summed E-state index contributed by atoms with van der Waals surface area (Å²) in [5.74, 6) is -0.877. The average molecular weight is 495 g/mol. The Morgan fingerprint density at radius 2 is 1.68 bits per heavy atom. The van der Waals surface area contributed by atoms with E-state index >= 15 is 0 Å². The maximum Gasteiger partial charge on any atom is 0.416 e. The van der Waals surface area contributed by atoms with Gasteiger partial charge in [0.15, 0.2) is 5.11 Å². The predicted molar refractivity (Wildman–Crippen MR) is 125 cm³/mol.